The summed E-state index contributed by atoms with van der Waals surface area (Å²) >= 11 is 5.99. The van der Waals surface area contributed by atoms with E-state index in [1.807, 2.05) is 53.4 Å². The third kappa shape index (κ3) is 5.98. The molecule has 28 heavy (non-hydrogen) atoms. The first-order chi connectivity index (χ1) is 13.7. The molecule has 5 heteroatoms. The van der Waals surface area contributed by atoms with Crippen LogP contribution in [0.4, 0.5) is 0 Å². The summed E-state index contributed by atoms with van der Waals surface area (Å²) in [7, 11) is 0. The topological polar surface area (TPSA) is 38.8 Å². The lowest BCUT2D eigenvalue weighted by Crippen LogP contribution is -2.36. The quantitative estimate of drug-likeness (QED) is 0.532. The Morgan fingerprint density at radius 1 is 1.18 bits per heavy atom. The Bertz CT molecular complexity index is 739. The van der Waals surface area contributed by atoms with Gasteiger partial charge in [-0.2, -0.15) is 0 Å². The predicted molar refractivity (Wildman–Crippen MR) is 112 cm³/mol. The summed E-state index contributed by atoms with van der Waals surface area (Å²) in [6.07, 6.45) is 4.27. The van der Waals surface area contributed by atoms with Gasteiger partial charge in [-0.05, 0) is 61.2 Å². The van der Waals surface area contributed by atoms with E-state index in [-0.39, 0.29) is 12.0 Å². The predicted octanol–water partition coefficient (Wildman–Crippen LogP) is 5.34. The van der Waals surface area contributed by atoms with Crippen molar-refractivity contribution in [2.45, 2.75) is 45.3 Å². The van der Waals surface area contributed by atoms with E-state index in [4.69, 9.17) is 21.1 Å². The fourth-order valence-electron chi connectivity index (χ4n) is 3.27. The SMILES string of the molecule is CCCCOc1ccc(C(=O)N(Cc2ccc(Cl)cc2)CC2CCCO2)cc1. The van der Waals surface area contributed by atoms with E-state index < -0.39 is 0 Å². The summed E-state index contributed by atoms with van der Waals surface area (Å²) in [5, 5.41) is 0.694. The minimum absolute atomic E-state index is 0.00515. The van der Waals surface area contributed by atoms with Crippen molar-refractivity contribution in [3.63, 3.8) is 0 Å². The lowest BCUT2D eigenvalue weighted by molar-refractivity contribution is 0.0507. The summed E-state index contributed by atoms with van der Waals surface area (Å²) in [6.45, 7) is 4.73. The first kappa shape index (κ1) is 20.7. The van der Waals surface area contributed by atoms with Gasteiger partial charge in [0.25, 0.3) is 5.91 Å². The number of benzene rings is 2. The van der Waals surface area contributed by atoms with Crippen molar-refractivity contribution in [1.29, 1.82) is 0 Å². The van der Waals surface area contributed by atoms with Gasteiger partial charge in [0, 0.05) is 30.3 Å². The lowest BCUT2D eigenvalue weighted by Gasteiger charge is -2.26. The molecule has 0 radical (unpaired) electrons. The van der Waals surface area contributed by atoms with Gasteiger partial charge in [0.05, 0.1) is 12.7 Å². The Hall–Kier alpha value is -2.04. The second kappa shape index (κ2) is 10.5. The van der Waals surface area contributed by atoms with Gasteiger partial charge in [0.1, 0.15) is 5.75 Å². The standard InChI is InChI=1S/C23H28ClNO3/c1-2-3-14-27-21-12-8-19(9-13-21)23(26)25(17-22-5-4-15-28-22)16-18-6-10-20(24)11-7-18/h6-13,22H,2-5,14-17H2,1H3. The molecule has 0 bridgehead atoms. The average molecular weight is 402 g/mol. The molecular weight excluding hydrogens is 374 g/mol. The monoisotopic (exact) mass is 401 g/mol. The number of hydrogen-bond acceptors (Lipinski definition) is 3. The van der Waals surface area contributed by atoms with Gasteiger partial charge in [0.2, 0.25) is 0 Å². The number of halogens is 1. The van der Waals surface area contributed by atoms with Crippen LogP contribution < -0.4 is 4.74 Å². The van der Waals surface area contributed by atoms with Crippen LogP contribution in [0.15, 0.2) is 48.5 Å². The molecule has 0 N–H and O–H groups in total. The van der Waals surface area contributed by atoms with Crippen LogP contribution >= 0.6 is 11.6 Å². The number of unbranched alkanes of at least 4 members (excludes halogenated alkanes) is 1. The van der Waals surface area contributed by atoms with E-state index in [0.717, 1.165) is 43.6 Å². The van der Waals surface area contributed by atoms with Gasteiger partial charge < -0.3 is 14.4 Å². The molecule has 0 saturated carbocycles. The highest BCUT2D eigenvalue weighted by atomic mass is 35.5. The Morgan fingerprint density at radius 3 is 2.57 bits per heavy atom. The highest BCUT2D eigenvalue weighted by Crippen LogP contribution is 2.20. The highest BCUT2D eigenvalue weighted by Gasteiger charge is 2.23. The van der Waals surface area contributed by atoms with Crippen LogP contribution in [-0.2, 0) is 11.3 Å². The minimum Gasteiger partial charge on any atom is -0.494 e. The smallest absolute Gasteiger partial charge is 0.254 e. The molecule has 2 aromatic rings. The van der Waals surface area contributed by atoms with E-state index in [9.17, 15) is 4.79 Å². The van der Waals surface area contributed by atoms with E-state index in [2.05, 4.69) is 6.92 Å². The molecule has 1 saturated heterocycles. The zero-order valence-corrected chi connectivity index (χ0v) is 17.2. The van der Waals surface area contributed by atoms with Crippen LogP contribution in [0.5, 0.6) is 5.75 Å². The van der Waals surface area contributed by atoms with Crippen molar-refractivity contribution >= 4 is 17.5 Å². The van der Waals surface area contributed by atoms with Gasteiger partial charge in [-0.1, -0.05) is 37.1 Å². The number of hydrogen-bond donors (Lipinski definition) is 0. The van der Waals surface area contributed by atoms with Crippen molar-refractivity contribution in [2.75, 3.05) is 19.8 Å². The molecule has 0 aliphatic carbocycles. The number of carbonyl (C=O) groups is 1. The second-order valence-corrected chi connectivity index (χ2v) is 7.61. The number of rotatable bonds is 9. The molecule has 1 unspecified atom stereocenters. The van der Waals surface area contributed by atoms with Crippen LogP contribution in [0, 0.1) is 0 Å². The largest absolute Gasteiger partial charge is 0.494 e. The first-order valence-electron chi connectivity index (χ1n) is 10.0. The van der Waals surface area contributed by atoms with Crippen molar-refractivity contribution in [3.05, 3.63) is 64.7 Å². The normalized spacial score (nSPS) is 16.1. The highest BCUT2D eigenvalue weighted by molar-refractivity contribution is 6.30. The van der Waals surface area contributed by atoms with Crippen molar-refractivity contribution in [3.8, 4) is 5.75 Å². The van der Waals surface area contributed by atoms with Gasteiger partial charge in [0.15, 0.2) is 0 Å². The minimum atomic E-state index is 0.00515. The number of amides is 1. The Kier molecular flexibility index (Phi) is 7.75. The fraction of sp³-hybridized carbons (Fsp3) is 0.435. The maximum atomic E-state index is 13.2. The van der Waals surface area contributed by atoms with E-state index in [0.29, 0.717) is 30.3 Å². The summed E-state index contributed by atoms with van der Waals surface area (Å²) in [4.78, 5) is 15.0. The van der Waals surface area contributed by atoms with Gasteiger partial charge >= 0.3 is 0 Å². The van der Waals surface area contributed by atoms with Crippen LogP contribution in [0.1, 0.15) is 48.5 Å². The zero-order chi connectivity index (χ0) is 19.8. The molecule has 1 aliphatic heterocycles. The Morgan fingerprint density at radius 2 is 1.93 bits per heavy atom. The molecular formula is C23H28ClNO3. The molecule has 3 rings (SSSR count). The zero-order valence-electron chi connectivity index (χ0n) is 16.4. The van der Waals surface area contributed by atoms with Crippen LogP contribution in [0.25, 0.3) is 0 Å². The molecule has 4 nitrogen and oxygen atoms in total. The molecule has 1 aliphatic rings. The van der Waals surface area contributed by atoms with Gasteiger partial charge in [-0.25, -0.2) is 0 Å². The summed E-state index contributed by atoms with van der Waals surface area (Å²) in [5.41, 5.74) is 1.71. The summed E-state index contributed by atoms with van der Waals surface area (Å²) in [5.74, 6) is 0.805. The van der Waals surface area contributed by atoms with Crippen molar-refractivity contribution in [1.82, 2.24) is 4.90 Å². The molecule has 1 heterocycles. The lowest BCUT2D eigenvalue weighted by atomic mass is 10.1. The summed E-state index contributed by atoms with van der Waals surface area (Å²) in [6, 6.07) is 15.1. The number of nitrogens with zero attached hydrogens (tertiary/aromatic N) is 1. The van der Waals surface area contributed by atoms with Crippen LogP contribution in [0.3, 0.4) is 0 Å². The molecule has 150 valence electrons. The van der Waals surface area contributed by atoms with E-state index in [1.165, 1.54) is 0 Å². The van der Waals surface area contributed by atoms with Crippen LogP contribution in [0.2, 0.25) is 5.02 Å². The molecule has 1 amide bonds. The molecule has 1 atom stereocenters. The fourth-order valence-corrected chi connectivity index (χ4v) is 3.40. The third-order valence-corrected chi connectivity index (χ3v) is 5.14. The number of carbonyl (C=O) groups excluding carboxylic acids is 1. The number of ether oxygens (including phenoxy) is 2. The van der Waals surface area contributed by atoms with Crippen LogP contribution in [-0.4, -0.2) is 36.7 Å². The Labute approximate surface area is 172 Å². The average Bonchev–Trinajstić information content (AvgIpc) is 3.22. The third-order valence-electron chi connectivity index (χ3n) is 4.89. The maximum Gasteiger partial charge on any atom is 0.254 e. The molecule has 0 spiro atoms. The van der Waals surface area contributed by atoms with E-state index >= 15 is 0 Å². The van der Waals surface area contributed by atoms with Gasteiger partial charge in [-0.3, -0.25) is 4.79 Å². The van der Waals surface area contributed by atoms with E-state index in [1.54, 1.807) is 0 Å². The summed E-state index contributed by atoms with van der Waals surface area (Å²) < 4.78 is 11.5. The first-order valence-corrected chi connectivity index (χ1v) is 10.4. The van der Waals surface area contributed by atoms with Crippen molar-refractivity contribution < 1.29 is 14.3 Å². The Balaban J connectivity index is 1.70. The van der Waals surface area contributed by atoms with Gasteiger partial charge in [-0.15, -0.1) is 0 Å². The molecule has 0 aromatic heterocycles. The van der Waals surface area contributed by atoms with Crippen molar-refractivity contribution in [2.24, 2.45) is 0 Å². The maximum absolute atomic E-state index is 13.2. The molecule has 2 aromatic carbocycles. The second-order valence-electron chi connectivity index (χ2n) is 7.17. The molecule has 1 fully saturated rings.